The molecule has 0 fully saturated rings. The van der Waals surface area contributed by atoms with Gasteiger partial charge in [0.2, 0.25) is 21.8 Å². The number of sulfonamides is 1. The van der Waals surface area contributed by atoms with Crippen LogP contribution in [0.2, 0.25) is 0 Å². The topological polar surface area (TPSA) is 96.0 Å². The van der Waals surface area contributed by atoms with Gasteiger partial charge in [-0.15, -0.1) is 0 Å². The van der Waals surface area contributed by atoms with Crippen molar-refractivity contribution >= 4 is 27.5 Å². The van der Waals surface area contributed by atoms with Gasteiger partial charge in [-0.05, 0) is 61.7 Å². The summed E-state index contributed by atoms with van der Waals surface area (Å²) >= 11 is 0. The molecule has 1 atom stereocenters. The molecular formula is C36H41N3O5S. The van der Waals surface area contributed by atoms with Crippen LogP contribution in [-0.4, -0.2) is 49.5 Å². The van der Waals surface area contributed by atoms with Crippen molar-refractivity contribution in [3.05, 3.63) is 132 Å². The molecule has 236 valence electrons. The molecule has 8 nitrogen and oxygen atoms in total. The van der Waals surface area contributed by atoms with Crippen molar-refractivity contribution in [1.29, 1.82) is 0 Å². The van der Waals surface area contributed by atoms with E-state index in [1.54, 1.807) is 24.3 Å². The lowest BCUT2D eigenvalue weighted by Gasteiger charge is -2.35. The molecule has 4 aromatic rings. The van der Waals surface area contributed by atoms with Crippen LogP contribution in [0.15, 0.2) is 115 Å². The number of benzene rings is 4. The molecule has 0 spiro atoms. The Kier molecular flexibility index (Phi) is 11.0. The first-order valence-electron chi connectivity index (χ1n) is 14.8. The van der Waals surface area contributed by atoms with Gasteiger partial charge < -0.3 is 15.0 Å². The van der Waals surface area contributed by atoms with Crippen LogP contribution in [0, 0.1) is 0 Å². The third kappa shape index (κ3) is 10.2. The van der Waals surface area contributed by atoms with E-state index in [0.717, 1.165) is 27.3 Å². The summed E-state index contributed by atoms with van der Waals surface area (Å²) in [6.45, 7) is 5.65. The molecule has 0 bridgehead atoms. The van der Waals surface area contributed by atoms with Crippen molar-refractivity contribution in [2.24, 2.45) is 0 Å². The molecule has 0 saturated carbocycles. The van der Waals surface area contributed by atoms with E-state index in [1.807, 2.05) is 112 Å². The van der Waals surface area contributed by atoms with Gasteiger partial charge in [-0.1, -0.05) is 91.0 Å². The Bertz CT molecular complexity index is 1640. The number of rotatable bonds is 13. The Morgan fingerprint density at radius 2 is 1.27 bits per heavy atom. The number of carbonyl (C=O) groups is 2. The van der Waals surface area contributed by atoms with Crippen molar-refractivity contribution in [2.45, 2.75) is 51.9 Å². The quantitative estimate of drug-likeness (QED) is 0.209. The van der Waals surface area contributed by atoms with Crippen LogP contribution in [0.1, 0.15) is 37.5 Å². The number of hydrogen-bond donors (Lipinski definition) is 1. The number of anilines is 1. The van der Waals surface area contributed by atoms with Gasteiger partial charge in [-0.3, -0.25) is 13.9 Å². The molecule has 0 saturated heterocycles. The predicted octanol–water partition coefficient (Wildman–Crippen LogP) is 5.59. The highest BCUT2D eigenvalue weighted by molar-refractivity contribution is 7.92. The number of amides is 2. The first-order valence-corrected chi connectivity index (χ1v) is 16.7. The lowest BCUT2D eigenvalue weighted by Crippen LogP contribution is -2.56. The highest BCUT2D eigenvalue weighted by Gasteiger charge is 2.34. The van der Waals surface area contributed by atoms with Crippen molar-refractivity contribution < 1.29 is 22.7 Å². The third-order valence-corrected chi connectivity index (χ3v) is 8.16. The summed E-state index contributed by atoms with van der Waals surface area (Å²) in [5.41, 5.74) is 2.47. The van der Waals surface area contributed by atoms with E-state index >= 15 is 0 Å². The molecule has 0 unspecified atom stereocenters. The first-order chi connectivity index (χ1) is 21.4. The second kappa shape index (κ2) is 14.9. The molecule has 0 radical (unpaired) electrons. The number of carbonyl (C=O) groups excluding carboxylic acids is 2. The highest BCUT2D eigenvalue weighted by Crippen LogP contribution is 2.24. The van der Waals surface area contributed by atoms with E-state index in [9.17, 15) is 18.0 Å². The van der Waals surface area contributed by atoms with Crippen molar-refractivity contribution in [3.8, 4) is 5.75 Å². The Morgan fingerprint density at radius 3 is 1.78 bits per heavy atom. The van der Waals surface area contributed by atoms with Gasteiger partial charge in [0.15, 0.2) is 0 Å². The van der Waals surface area contributed by atoms with Crippen LogP contribution in [0.3, 0.4) is 0 Å². The summed E-state index contributed by atoms with van der Waals surface area (Å²) in [6, 6.07) is 34.2. The molecule has 45 heavy (non-hydrogen) atoms. The van der Waals surface area contributed by atoms with E-state index in [1.165, 1.54) is 4.90 Å². The van der Waals surface area contributed by atoms with Gasteiger partial charge >= 0.3 is 0 Å². The molecule has 0 aliphatic heterocycles. The maximum atomic E-state index is 14.2. The maximum Gasteiger partial charge on any atom is 0.244 e. The van der Waals surface area contributed by atoms with Gasteiger partial charge in [0, 0.05) is 18.5 Å². The summed E-state index contributed by atoms with van der Waals surface area (Å²) in [5, 5.41) is 3.03. The van der Waals surface area contributed by atoms with E-state index in [2.05, 4.69) is 5.32 Å². The second-order valence-electron chi connectivity index (χ2n) is 12.0. The monoisotopic (exact) mass is 627 g/mol. The molecule has 0 aromatic heterocycles. The summed E-state index contributed by atoms with van der Waals surface area (Å²) in [4.78, 5) is 29.5. The molecule has 0 aliphatic carbocycles. The van der Waals surface area contributed by atoms with Crippen molar-refractivity contribution in [3.63, 3.8) is 0 Å². The Balaban J connectivity index is 1.64. The van der Waals surface area contributed by atoms with Crippen molar-refractivity contribution in [2.75, 3.05) is 17.1 Å². The Morgan fingerprint density at radius 1 is 0.756 bits per heavy atom. The average Bonchev–Trinajstić information content (AvgIpc) is 3.01. The molecule has 1 N–H and O–H groups in total. The van der Waals surface area contributed by atoms with E-state index < -0.39 is 34.1 Å². The fraction of sp³-hybridized carbons (Fsp3) is 0.278. The smallest absolute Gasteiger partial charge is 0.244 e. The largest absolute Gasteiger partial charge is 0.489 e. The molecule has 0 aliphatic rings. The molecule has 0 heterocycles. The summed E-state index contributed by atoms with van der Waals surface area (Å²) in [6.07, 6.45) is 1.32. The van der Waals surface area contributed by atoms with Crippen LogP contribution in [-0.2, 0) is 39.2 Å². The predicted molar refractivity (Wildman–Crippen MR) is 178 cm³/mol. The fourth-order valence-corrected chi connectivity index (χ4v) is 5.70. The van der Waals surface area contributed by atoms with Crippen LogP contribution < -0.4 is 14.4 Å². The zero-order valence-electron chi connectivity index (χ0n) is 26.2. The van der Waals surface area contributed by atoms with Crippen LogP contribution in [0.25, 0.3) is 0 Å². The van der Waals surface area contributed by atoms with Gasteiger partial charge in [0.1, 0.15) is 24.9 Å². The second-order valence-corrected chi connectivity index (χ2v) is 13.9. The van der Waals surface area contributed by atoms with E-state index in [4.69, 9.17) is 4.74 Å². The summed E-state index contributed by atoms with van der Waals surface area (Å²) in [7, 11) is -3.88. The van der Waals surface area contributed by atoms with E-state index in [0.29, 0.717) is 18.0 Å². The van der Waals surface area contributed by atoms with Crippen LogP contribution in [0.4, 0.5) is 5.69 Å². The van der Waals surface area contributed by atoms with Crippen LogP contribution >= 0.6 is 0 Å². The van der Waals surface area contributed by atoms with Gasteiger partial charge in [0.05, 0.1) is 11.9 Å². The normalized spacial score (nSPS) is 12.2. The Labute approximate surface area is 266 Å². The number of nitrogens with zero attached hydrogens (tertiary/aromatic N) is 2. The number of ether oxygens (including phenoxy) is 1. The Hall–Kier alpha value is -4.63. The molecule has 9 heteroatoms. The van der Waals surface area contributed by atoms with Gasteiger partial charge in [-0.25, -0.2) is 8.42 Å². The SMILES string of the molecule is CC(C)(C)NC(=O)[C@H](Cc1ccccc1)N(Cc1ccccc1)C(=O)CN(c1ccc(OCc2ccccc2)cc1)S(C)(=O)=O. The van der Waals surface area contributed by atoms with Crippen molar-refractivity contribution in [1.82, 2.24) is 10.2 Å². The third-order valence-electron chi connectivity index (χ3n) is 7.02. The van der Waals surface area contributed by atoms with E-state index in [-0.39, 0.29) is 18.9 Å². The first kappa shape index (κ1) is 33.3. The standard InChI is InChI=1S/C36H41N3O5S/c1-36(2,3)37-35(41)33(24-28-14-8-5-9-15-28)38(25-29-16-10-6-11-17-29)34(40)26-39(45(4,42)43)31-20-22-32(23-21-31)44-27-30-18-12-7-13-19-30/h5-23,33H,24-27H2,1-4H3,(H,37,41)/t33-/m0/s1. The fourth-order valence-electron chi connectivity index (χ4n) is 4.85. The molecule has 4 rings (SSSR count). The summed E-state index contributed by atoms with van der Waals surface area (Å²) in [5.74, 6) is -0.255. The lowest BCUT2D eigenvalue weighted by atomic mass is 10.0. The average molecular weight is 628 g/mol. The van der Waals surface area contributed by atoms with Gasteiger partial charge in [-0.2, -0.15) is 0 Å². The number of nitrogens with one attached hydrogen (secondary N) is 1. The highest BCUT2D eigenvalue weighted by atomic mass is 32.2. The minimum absolute atomic E-state index is 0.124. The zero-order chi connectivity index (χ0) is 32.5. The lowest BCUT2D eigenvalue weighted by molar-refractivity contribution is -0.140. The molecule has 2 amide bonds. The molecule has 4 aromatic carbocycles. The minimum atomic E-state index is -3.88. The minimum Gasteiger partial charge on any atom is -0.489 e. The molecular weight excluding hydrogens is 586 g/mol. The van der Waals surface area contributed by atoms with Gasteiger partial charge in [0.25, 0.3) is 0 Å². The summed E-state index contributed by atoms with van der Waals surface area (Å²) < 4.78 is 33.1. The van der Waals surface area contributed by atoms with Crippen LogP contribution in [0.5, 0.6) is 5.75 Å². The zero-order valence-corrected chi connectivity index (χ0v) is 27.0. The maximum absolute atomic E-state index is 14.2. The number of hydrogen-bond acceptors (Lipinski definition) is 5.